The third kappa shape index (κ3) is 7.46. The molecule has 1 fully saturated rings. The van der Waals surface area contributed by atoms with Crippen LogP contribution in [0, 0.1) is 0 Å². The van der Waals surface area contributed by atoms with Gasteiger partial charge >= 0.3 is 11.9 Å². The van der Waals surface area contributed by atoms with Gasteiger partial charge in [-0.2, -0.15) is 0 Å². The molecule has 1 N–H and O–H groups in total. The van der Waals surface area contributed by atoms with Gasteiger partial charge in [0, 0.05) is 11.1 Å². The van der Waals surface area contributed by atoms with Crippen LogP contribution in [0.1, 0.15) is 31.8 Å². The molecule has 4 aromatic rings. The van der Waals surface area contributed by atoms with E-state index >= 15 is 0 Å². The average molecular weight is 747 g/mol. The lowest BCUT2D eigenvalue weighted by Crippen LogP contribution is -2.61. The third-order valence-corrected chi connectivity index (χ3v) is 9.15. The Morgan fingerprint density at radius 2 is 1.07 bits per heavy atom. The Kier molecular flexibility index (Phi) is 12.1. The van der Waals surface area contributed by atoms with Gasteiger partial charge in [-0.3, -0.25) is 0 Å². The van der Waals surface area contributed by atoms with Crippen LogP contribution in [0.25, 0.3) is 11.1 Å². The van der Waals surface area contributed by atoms with E-state index in [1.54, 1.807) is 0 Å². The van der Waals surface area contributed by atoms with Gasteiger partial charge in [-0.25, -0.2) is 9.59 Å². The van der Waals surface area contributed by atoms with Crippen LogP contribution in [0.2, 0.25) is 0 Å². The Labute approximate surface area is 312 Å². The summed E-state index contributed by atoms with van der Waals surface area (Å²) >= 11 is 0. The van der Waals surface area contributed by atoms with Crippen LogP contribution in [0.4, 0.5) is 0 Å². The molecule has 2 heterocycles. The van der Waals surface area contributed by atoms with Crippen molar-refractivity contribution < 1.29 is 66.8 Å². The van der Waals surface area contributed by atoms with E-state index in [4.69, 9.17) is 52.1 Å². The molecule has 2 aliphatic heterocycles. The fraction of sp³-hybridized carbons (Fsp3) is 0.350. The predicted molar refractivity (Wildman–Crippen MR) is 192 cm³/mol. The van der Waals surface area contributed by atoms with Crippen LogP contribution >= 0.6 is 0 Å². The van der Waals surface area contributed by atoms with Crippen molar-refractivity contribution in [2.45, 2.75) is 43.9 Å². The number of carbonyl (C=O) groups is 2. The Morgan fingerprint density at radius 3 is 1.54 bits per heavy atom. The molecule has 0 amide bonds. The first-order valence-corrected chi connectivity index (χ1v) is 17.0. The van der Waals surface area contributed by atoms with E-state index < -0.39 is 49.3 Å². The number of aliphatic hydroxyl groups is 1. The van der Waals surface area contributed by atoms with Crippen molar-refractivity contribution in [3.8, 4) is 45.6 Å². The van der Waals surface area contributed by atoms with Gasteiger partial charge in [-0.15, -0.1) is 0 Å². The Morgan fingerprint density at radius 1 is 0.611 bits per heavy atom. The quantitative estimate of drug-likeness (QED) is 0.194. The molecule has 14 nitrogen and oxygen atoms in total. The molecule has 6 rings (SSSR count). The molecule has 0 aliphatic carbocycles. The van der Waals surface area contributed by atoms with Gasteiger partial charge < -0.3 is 57.2 Å². The van der Waals surface area contributed by atoms with Crippen molar-refractivity contribution in [2.24, 2.45) is 0 Å². The summed E-state index contributed by atoms with van der Waals surface area (Å²) in [6.07, 6.45) is -6.45. The molecule has 0 saturated carbocycles. The molecule has 2 bridgehead atoms. The second-order valence-electron chi connectivity index (χ2n) is 12.2. The fourth-order valence-corrected chi connectivity index (χ4v) is 6.63. The van der Waals surface area contributed by atoms with E-state index in [1.165, 1.54) is 54.8 Å². The number of methoxy groups -OCH3 is 6. The summed E-state index contributed by atoms with van der Waals surface area (Å²) in [5.41, 5.74) is 1.45. The zero-order valence-electron chi connectivity index (χ0n) is 30.7. The predicted octanol–water partition coefficient (Wildman–Crippen LogP) is 4.99. The summed E-state index contributed by atoms with van der Waals surface area (Å²) in [6.45, 7) is -0.338. The van der Waals surface area contributed by atoms with Crippen molar-refractivity contribution in [3.63, 3.8) is 0 Å². The minimum absolute atomic E-state index is 0.000858. The molecule has 0 aromatic heterocycles. The number of hydrogen-bond donors (Lipinski definition) is 1. The normalized spacial score (nSPS) is 20.8. The summed E-state index contributed by atoms with van der Waals surface area (Å²) in [5.74, 6) is -1.31. The smallest absolute Gasteiger partial charge is 0.339 e. The van der Waals surface area contributed by atoms with Gasteiger partial charge in [-0.05, 0) is 23.3 Å². The van der Waals surface area contributed by atoms with Gasteiger partial charge in [0.25, 0.3) is 0 Å². The highest BCUT2D eigenvalue weighted by Gasteiger charge is 2.51. The largest absolute Gasteiger partial charge is 0.493 e. The summed E-state index contributed by atoms with van der Waals surface area (Å²) in [7, 11) is 8.32. The Bertz CT molecular complexity index is 1930. The SMILES string of the molecule is COc1cc2c(c(OC)c1OC)-c1c(cc(OC)c(OC)c1OC)C(=O)O[C@@H]1[C@@H](OCc3ccccc3)[C@@H](O)O[C@H](COC2=O)[C@H]1OCc1ccccc1. The minimum atomic E-state index is -1.63. The van der Waals surface area contributed by atoms with Gasteiger partial charge in [0.1, 0.15) is 24.9 Å². The van der Waals surface area contributed by atoms with E-state index in [0.717, 1.165) is 11.1 Å². The van der Waals surface area contributed by atoms with Crippen molar-refractivity contribution in [1.29, 1.82) is 0 Å². The molecule has 0 unspecified atom stereocenters. The Hall–Kier alpha value is -5.54. The van der Waals surface area contributed by atoms with Crippen LogP contribution in [-0.4, -0.2) is 97.0 Å². The lowest BCUT2D eigenvalue weighted by Gasteiger charge is -2.44. The summed E-state index contributed by atoms with van der Waals surface area (Å²) in [6, 6.07) is 21.4. The van der Waals surface area contributed by atoms with Crippen molar-refractivity contribution >= 4 is 11.9 Å². The molecule has 54 heavy (non-hydrogen) atoms. The molecule has 1 saturated heterocycles. The van der Waals surface area contributed by atoms with Gasteiger partial charge in [0.05, 0.1) is 67.0 Å². The van der Waals surface area contributed by atoms with E-state index in [9.17, 15) is 14.7 Å². The number of benzene rings is 4. The second kappa shape index (κ2) is 17.1. The summed E-state index contributed by atoms with van der Waals surface area (Å²) in [5, 5.41) is 11.5. The summed E-state index contributed by atoms with van der Waals surface area (Å²) in [4.78, 5) is 29.2. The molecule has 0 spiro atoms. The molecule has 5 atom stereocenters. The maximum Gasteiger partial charge on any atom is 0.339 e. The highest BCUT2D eigenvalue weighted by Crippen LogP contribution is 2.54. The number of aliphatic hydroxyl groups excluding tert-OH is 1. The lowest BCUT2D eigenvalue weighted by molar-refractivity contribution is -0.305. The number of fused-ring (bicyclic) bond motifs is 5. The van der Waals surface area contributed by atoms with Crippen LogP contribution in [0.3, 0.4) is 0 Å². The highest BCUT2D eigenvalue weighted by atomic mass is 16.7. The van der Waals surface area contributed by atoms with Crippen LogP contribution in [0.5, 0.6) is 34.5 Å². The number of cyclic esters (lactones) is 1. The molecule has 2 aliphatic rings. The first kappa shape index (κ1) is 38.2. The van der Waals surface area contributed by atoms with Crippen LogP contribution in [0.15, 0.2) is 72.8 Å². The second-order valence-corrected chi connectivity index (χ2v) is 12.2. The molecular formula is C40H42O14. The average Bonchev–Trinajstić information content (AvgIpc) is 3.20. The maximum absolute atomic E-state index is 14.9. The third-order valence-electron chi connectivity index (χ3n) is 9.15. The number of rotatable bonds is 12. The number of esters is 2. The van der Waals surface area contributed by atoms with Gasteiger partial charge in [0.2, 0.25) is 11.5 Å². The van der Waals surface area contributed by atoms with Crippen LogP contribution in [-0.2, 0) is 36.9 Å². The molecular weight excluding hydrogens is 704 g/mol. The molecule has 14 heteroatoms. The standard InChI is InChI=1S/C40H42O14/c1-44-26-17-24-29(34(48-5)31(26)46-3)30-25(18-27(45-2)32(47-4)35(30)49-6)39(42)54-36-33(50-19-22-13-9-7-10-14-22)28(21-52-38(24)41)53-40(43)37(36)51-20-23-15-11-8-12-16-23/h7-18,28,33,36-37,40,43H,19-21H2,1-6H3/t28-,33-,36+,37-,40+/m1/s1. The van der Waals surface area contributed by atoms with E-state index in [2.05, 4.69) is 0 Å². The van der Waals surface area contributed by atoms with Crippen molar-refractivity contribution in [3.05, 3.63) is 95.1 Å². The highest BCUT2D eigenvalue weighted by molar-refractivity contribution is 6.08. The molecule has 0 radical (unpaired) electrons. The topological polar surface area (TPSA) is 156 Å². The number of carbonyl (C=O) groups excluding carboxylic acids is 2. The first-order chi connectivity index (χ1) is 26.3. The van der Waals surface area contributed by atoms with E-state index in [1.807, 2.05) is 60.7 Å². The molecule has 4 aromatic carbocycles. The number of hydrogen-bond acceptors (Lipinski definition) is 14. The van der Waals surface area contributed by atoms with E-state index in [-0.39, 0.29) is 70.0 Å². The Balaban J connectivity index is 1.58. The van der Waals surface area contributed by atoms with Crippen molar-refractivity contribution in [1.82, 2.24) is 0 Å². The maximum atomic E-state index is 14.9. The van der Waals surface area contributed by atoms with E-state index in [0.29, 0.717) is 0 Å². The fourth-order valence-electron chi connectivity index (χ4n) is 6.63. The monoisotopic (exact) mass is 746 g/mol. The zero-order chi connectivity index (χ0) is 38.4. The van der Waals surface area contributed by atoms with Gasteiger partial charge in [0.15, 0.2) is 35.4 Å². The van der Waals surface area contributed by atoms with Gasteiger partial charge in [-0.1, -0.05) is 60.7 Å². The summed E-state index contributed by atoms with van der Waals surface area (Å²) < 4.78 is 65.4. The lowest BCUT2D eigenvalue weighted by atomic mass is 9.91. The molecule has 286 valence electrons. The number of ether oxygens (including phenoxy) is 11. The van der Waals surface area contributed by atoms with Crippen molar-refractivity contribution in [2.75, 3.05) is 49.3 Å². The first-order valence-electron chi connectivity index (χ1n) is 17.0. The zero-order valence-corrected chi connectivity index (χ0v) is 30.7. The van der Waals surface area contributed by atoms with Crippen LogP contribution < -0.4 is 28.4 Å². The minimum Gasteiger partial charge on any atom is -0.493 e.